The van der Waals surface area contributed by atoms with Gasteiger partial charge in [-0.2, -0.15) is 11.8 Å². The number of aliphatic hydroxyl groups excluding tert-OH is 1. The molecule has 0 saturated heterocycles. The fraction of sp³-hybridized carbons (Fsp3) is 0.852. The molecule has 9 nitrogen and oxygen atoms in total. The predicted molar refractivity (Wildman–Crippen MR) is 150 cm³/mol. The normalized spacial score (nSPS) is 12.9. The third-order valence-electron chi connectivity index (χ3n) is 6.45. The van der Waals surface area contributed by atoms with Crippen molar-refractivity contribution in [3.05, 3.63) is 11.9 Å². The Labute approximate surface area is 228 Å². The van der Waals surface area contributed by atoms with Crippen molar-refractivity contribution in [2.45, 2.75) is 122 Å². The summed E-state index contributed by atoms with van der Waals surface area (Å²) in [5.41, 5.74) is 6.82. The van der Waals surface area contributed by atoms with Crippen LogP contribution in [0.4, 0.5) is 0 Å². The van der Waals surface area contributed by atoms with Crippen LogP contribution < -0.4 is 11.1 Å². The van der Waals surface area contributed by atoms with Gasteiger partial charge in [-0.25, -0.2) is 4.79 Å². The van der Waals surface area contributed by atoms with Crippen LogP contribution in [-0.4, -0.2) is 69.3 Å². The molecule has 214 valence electrons. The molecule has 0 aliphatic heterocycles. The van der Waals surface area contributed by atoms with Crippen molar-refractivity contribution in [2.75, 3.05) is 25.2 Å². The van der Waals surface area contributed by atoms with Gasteiger partial charge in [0.1, 0.15) is 0 Å². The smallest absolute Gasteiger partial charge is 0.330 e. The minimum atomic E-state index is -1.09. The summed E-state index contributed by atoms with van der Waals surface area (Å²) in [6, 6.07) is -1.87. The van der Waals surface area contributed by atoms with Gasteiger partial charge in [0.2, 0.25) is 5.91 Å². The molecule has 0 aromatic carbocycles. The predicted octanol–water partition coefficient (Wildman–Crippen LogP) is 4.01. The maximum atomic E-state index is 12.1. The molecule has 10 heteroatoms. The minimum Gasteiger partial charge on any atom is -0.467 e. The maximum Gasteiger partial charge on any atom is 0.330 e. The first-order valence-corrected chi connectivity index (χ1v) is 15.4. The van der Waals surface area contributed by atoms with Crippen molar-refractivity contribution < 1.29 is 19.4 Å². The molecule has 1 heterocycles. The number of methoxy groups -OCH3 is 1. The van der Waals surface area contributed by atoms with Crippen molar-refractivity contribution in [2.24, 2.45) is 5.73 Å². The van der Waals surface area contributed by atoms with E-state index in [2.05, 4.69) is 27.3 Å². The van der Waals surface area contributed by atoms with Gasteiger partial charge in [-0.1, -0.05) is 95.6 Å². The molecule has 1 aromatic rings. The molecule has 0 fully saturated rings. The van der Waals surface area contributed by atoms with Crippen LogP contribution in [0, 0.1) is 0 Å². The van der Waals surface area contributed by atoms with E-state index in [1.807, 2.05) is 10.9 Å². The van der Waals surface area contributed by atoms with E-state index in [-0.39, 0.29) is 0 Å². The van der Waals surface area contributed by atoms with Crippen LogP contribution in [0.15, 0.2) is 6.20 Å². The van der Waals surface area contributed by atoms with Crippen LogP contribution in [0.5, 0.6) is 0 Å². The maximum absolute atomic E-state index is 12.1. The van der Waals surface area contributed by atoms with E-state index >= 15 is 0 Å². The number of nitrogens with zero attached hydrogens (tertiary/aromatic N) is 3. The highest BCUT2D eigenvalue weighted by Crippen LogP contribution is 2.13. The lowest BCUT2D eigenvalue weighted by Gasteiger charge is -2.17. The molecule has 0 saturated carbocycles. The highest BCUT2D eigenvalue weighted by molar-refractivity contribution is 7.99. The summed E-state index contributed by atoms with van der Waals surface area (Å²) in [5.74, 6) is -0.0268. The van der Waals surface area contributed by atoms with E-state index in [9.17, 15) is 14.7 Å². The highest BCUT2D eigenvalue weighted by Gasteiger charge is 2.23. The quantitative estimate of drug-likeness (QED) is 0.132. The third kappa shape index (κ3) is 16.7. The Balaban J connectivity index is 2.02. The molecule has 0 spiro atoms. The molecule has 1 rings (SSSR count). The summed E-state index contributed by atoms with van der Waals surface area (Å²) in [6.07, 6.45) is 21.7. The van der Waals surface area contributed by atoms with E-state index in [1.54, 1.807) is 0 Å². The molecule has 0 unspecified atom stereocenters. The molecule has 1 aromatic heterocycles. The summed E-state index contributed by atoms with van der Waals surface area (Å²) in [6.45, 7) is 2.63. The topological polar surface area (TPSA) is 132 Å². The Hall–Kier alpha value is -1.65. The van der Waals surface area contributed by atoms with Crippen molar-refractivity contribution >= 4 is 23.6 Å². The van der Waals surface area contributed by atoms with Gasteiger partial charge in [0.15, 0.2) is 6.04 Å². The standard InChI is InChI=1S/C27H51N5O4S/c1-3-4-5-6-7-8-9-10-11-12-13-14-15-16-18-32-20-23(30-31-32)17-19-37-22-24(28)26(34)29-25(21-33)27(35)36-2/h20,24-25,33H,3-19,21-22,28H2,1-2H3,(H,29,34)/t24-,25-/m0/s1. The summed E-state index contributed by atoms with van der Waals surface area (Å²) in [7, 11) is 1.20. The van der Waals surface area contributed by atoms with Gasteiger partial charge >= 0.3 is 5.97 Å². The number of nitrogens with one attached hydrogen (secondary N) is 1. The number of aromatic nitrogens is 3. The van der Waals surface area contributed by atoms with Gasteiger partial charge in [-0.3, -0.25) is 9.48 Å². The number of hydrogen-bond donors (Lipinski definition) is 3. The monoisotopic (exact) mass is 541 g/mol. The molecule has 0 aliphatic rings. The molecular formula is C27H51N5O4S. The summed E-state index contributed by atoms with van der Waals surface area (Å²) < 4.78 is 6.45. The van der Waals surface area contributed by atoms with Gasteiger partial charge in [-0.05, 0) is 12.2 Å². The number of aliphatic hydroxyl groups is 1. The SMILES string of the molecule is CCCCCCCCCCCCCCCCn1cc(CCSC[C@H](N)C(=O)N[C@@H](CO)C(=O)OC)nn1. The van der Waals surface area contributed by atoms with Crippen LogP contribution in [0.1, 0.15) is 103 Å². The largest absolute Gasteiger partial charge is 0.467 e. The van der Waals surface area contributed by atoms with Crippen molar-refractivity contribution in [3.8, 4) is 0 Å². The second-order valence-corrected chi connectivity index (χ2v) is 10.9. The molecule has 0 radical (unpaired) electrons. The van der Waals surface area contributed by atoms with E-state index in [0.717, 1.165) is 30.8 Å². The summed E-state index contributed by atoms with van der Waals surface area (Å²) in [5, 5.41) is 20.1. The van der Waals surface area contributed by atoms with Crippen molar-refractivity contribution in [1.82, 2.24) is 20.3 Å². The zero-order valence-electron chi connectivity index (χ0n) is 23.2. The number of ether oxygens (including phenoxy) is 1. The molecule has 37 heavy (non-hydrogen) atoms. The van der Waals surface area contributed by atoms with E-state index in [4.69, 9.17) is 5.73 Å². The zero-order valence-corrected chi connectivity index (χ0v) is 24.0. The molecule has 0 bridgehead atoms. The average Bonchev–Trinajstić information content (AvgIpc) is 3.36. The summed E-state index contributed by atoms with van der Waals surface area (Å²) >= 11 is 1.54. The zero-order chi connectivity index (χ0) is 27.1. The Kier molecular flexibility index (Phi) is 20.2. The van der Waals surface area contributed by atoms with E-state index in [1.165, 1.54) is 102 Å². The van der Waals surface area contributed by atoms with Crippen LogP contribution in [0.3, 0.4) is 0 Å². The number of nitrogens with two attached hydrogens (primary N) is 1. The second-order valence-electron chi connectivity index (χ2n) is 9.77. The first-order valence-electron chi connectivity index (χ1n) is 14.2. The van der Waals surface area contributed by atoms with Crippen molar-refractivity contribution in [1.29, 1.82) is 0 Å². The number of rotatable bonds is 24. The number of esters is 1. The molecule has 0 aliphatic carbocycles. The fourth-order valence-corrected chi connectivity index (χ4v) is 5.02. The number of amides is 1. The second kappa shape index (κ2) is 22.3. The van der Waals surface area contributed by atoms with Crippen molar-refractivity contribution in [3.63, 3.8) is 0 Å². The Bertz CT molecular complexity index is 719. The third-order valence-corrected chi connectivity index (χ3v) is 7.54. The van der Waals surface area contributed by atoms with E-state index in [0.29, 0.717) is 5.75 Å². The van der Waals surface area contributed by atoms with Gasteiger partial charge < -0.3 is 20.9 Å². The van der Waals surface area contributed by atoms with E-state index < -0.39 is 30.6 Å². The van der Waals surface area contributed by atoms with Crippen LogP contribution in [0.25, 0.3) is 0 Å². The van der Waals surface area contributed by atoms with Crippen LogP contribution in [0.2, 0.25) is 0 Å². The van der Waals surface area contributed by atoms with Crippen LogP contribution >= 0.6 is 11.8 Å². The van der Waals surface area contributed by atoms with Gasteiger partial charge in [0, 0.05) is 24.9 Å². The highest BCUT2D eigenvalue weighted by atomic mass is 32.2. The first kappa shape index (κ1) is 33.4. The Morgan fingerprint density at radius 3 is 2.14 bits per heavy atom. The number of unbranched alkanes of at least 4 members (excludes halogenated alkanes) is 13. The molecular weight excluding hydrogens is 490 g/mol. The average molecular weight is 542 g/mol. The van der Waals surface area contributed by atoms with Gasteiger partial charge in [-0.15, -0.1) is 5.10 Å². The summed E-state index contributed by atoms with van der Waals surface area (Å²) in [4.78, 5) is 23.5. The fourth-order valence-electron chi connectivity index (χ4n) is 4.09. The lowest BCUT2D eigenvalue weighted by Crippen LogP contribution is -2.51. The van der Waals surface area contributed by atoms with Crippen LogP contribution in [-0.2, 0) is 27.3 Å². The molecule has 4 N–H and O–H groups in total. The number of carbonyl (C=O) groups is 2. The number of hydrogen-bond acceptors (Lipinski definition) is 8. The Morgan fingerprint density at radius 2 is 1.59 bits per heavy atom. The Morgan fingerprint density at radius 1 is 1.03 bits per heavy atom. The lowest BCUT2D eigenvalue weighted by molar-refractivity contribution is -0.146. The first-order chi connectivity index (χ1) is 18.0. The van der Waals surface area contributed by atoms with Gasteiger partial charge in [0.25, 0.3) is 0 Å². The van der Waals surface area contributed by atoms with Gasteiger partial charge in [0.05, 0.1) is 25.5 Å². The molecule has 2 atom stereocenters. The molecule has 1 amide bonds. The number of aryl methyl sites for hydroxylation is 2. The number of carbonyl (C=O) groups excluding carboxylic acids is 2. The number of thioether (sulfide) groups is 1. The minimum absolute atomic E-state index is 0.401. The lowest BCUT2D eigenvalue weighted by atomic mass is 10.0.